The highest BCUT2D eigenvalue weighted by Gasteiger charge is 2.27. The van der Waals surface area contributed by atoms with Crippen molar-refractivity contribution in [3.05, 3.63) is 58.2 Å². The van der Waals surface area contributed by atoms with E-state index >= 15 is 0 Å². The van der Waals surface area contributed by atoms with E-state index in [0.717, 1.165) is 0 Å². The number of nitrogens with zero attached hydrogens (tertiary/aromatic N) is 2. The van der Waals surface area contributed by atoms with E-state index < -0.39 is 32.7 Å². The van der Waals surface area contributed by atoms with E-state index in [1.807, 2.05) is 0 Å². The molecule has 0 saturated carbocycles. The zero-order chi connectivity index (χ0) is 33.4. The highest BCUT2D eigenvalue weighted by atomic mass is 35.5. The predicted octanol–water partition coefficient (Wildman–Crippen LogP) is 4.91. The van der Waals surface area contributed by atoms with E-state index in [4.69, 9.17) is 44.8 Å². The molecule has 0 saturated heterocycles. The highest BCUT2D eigenvalue weighted by Crippen LogP contribution is 2.42. The van der Waals surface area contributed by atoms with E-state index in [-0.39, 0.29) is 71.4 Å². The van der Waals surface area contributed by atoms with Crippen molar-refractivity contribution in [1.29, 1.82) is 0 Å². The number of anilines is 2. The Balaban J connectivity index is 1.48. The summed E-state index contributed by atoms with van der Waals surface area (Å²) in [4.78, 5) is 20.5. The van der Waals surface area contributed by atoms with Gasteiger partial charge in [0.2, 0.25) is 12.5 Å². The lowest BCUT2D eigenvalue weighted by molar-refractivity contribution is 0.134. The fourth-order valence-electron chi connectivity index (χ4n) is 3.78. The molecule has 1 amide bonds. The Morgan fingerprint density at radius 3 is 2.66 bits per heavy atom. The number of benzene rings is 2. The molecule has 5 rings (SSSR count). The number of nitrogens with one attached hydrogen (secondary N) is 2. The summed E-state index contributed by atoms with van der Waals surface area (Å²) >= 11 is 7.80. The third-order valence-electron chi connectivity index (χ3n) is 5.97. The maximum absolute atomic E-state index is 13.6. The van der Waals surface area contributed by atoms with Crippen LogP contribution in [0.3, 0.4) is 0 Å². The number of carbonyl (C=O) groups is 1. The van der Waals surface area contributed by atoms with Crippen LogP contribution in [-0.2, 0) is 25.6 Å². The molecule has 0 spiro atoms. The van der Waals surface area contributed by atoms with Gasteiger partial charge in [-0.25, -0.2) is 13.2 Å². The summed E-state index contributed by atoms with van der Waals surface area (Å²) in [6.45, 7) is -0.600. The monoisotopic (exact) mass is 726 g/mol. The van der Waals surface area contributed by atoms with Gasteiger partial charge in [0.25, 0.3) is 15.9 Å². The minimum absolute atomic E-state index is 0.0458. The number of fused-ring (bicyclic) bond motifs is 1. The largest absolute Gasteiger partial charge is 0.497 e. The molecule has 2 N–H and O–H groups in total. The van der Waals surface area contributed by atoms with Crippen LogP contribution in [0.5, 0.6) is 40.6 Å². The number of halogens is 1. The molecule has 250 valence electrons. The average molecular weight is 727 g/mol. The molecule has 2 aromatic carbocycles. The first-order chi connectivity index (χ1) is 22.6. The van der Waals surface area contributed by atoms with Gasteiger partial charge in [-0.2, -0.15) is 21.3 Å². The van der Waals surface area contributed by atoms with Crippen LogP contribution in [0.1, 0.15) is 0 Å². The van der Waals surface area contributed by atoms with Gasteiger partial charge in [0.15, 0.2) is 17.3 Å². The Hall–Kier alpha value is -4.52. The van der Waals surface area contributed by atoms with E-state index in [1.165, 1.54) is 55.0 Å². The number of methoxy groups -OCH3 is 1. The third kappa shape index (κ3) is 9.06. The van der Waals surface area contributed by atoms with Gasteiger partial charge < -0.3 is 33.2 Å². The smallest absolute Gasteiger partial charge is 0.411 e. The molecular formula is C28H27ClN4O11S3. The molecule has 1 unspecified atom stereocenters. The lowest BCUT2D eigenvalue weighted by Gasteiger charge is -2.18. The molecule has 47 heavy (non-hydrogen) atoms. The van der Waals surface area contributed by atoms with Crippen LogP contribution in [0, 0.1) is 0 Å². The van der Waals surface area contributed by atoms with Crippen molar-refractivity contribution in [3.63, 3.8) is 0 Å². The fourth-order valence-corrected chi connectivity index (χ4v) is 5.86. The number of carbonyl (C=O) groups excluding carboxylic acids is 1. The third-order valence-corrected chi connectivity index (χ3v) is 9.05. The highest BCUT2D eigenvalue weighted by molar-refractivity contribution is 7.92. The number of amides is 1. The van der Waals surface area contributed by atoms with Gasteiger partial charge in [0.05, 0.1) is 28.5 Å². The average Bonchev–Trinajstić information content (AvgIpc) is 3.73. The Morgan fingerprint density at radius 1 is 1.06 bits per heavy atom. The van der Waals surface area contributed by atoms with Crippen molar-refractivity contribution in [3.8, 4) is 40.6 Å². The summed E-state index contributed by atoms with van der Waals surface area (Å²) in [6.07, 6.45) is 0.774. The molecule has 4 aromatic rings. The number of hydrogen-bond donors (Lipinski definition) is 2. The number of hydrogen-bond acceptors (Lipinski definition) is 14. The summed E-state index contributed by atoms with van der Waals surface area (Å²) in [5.74, 6) is 0.193. The van der Waals surface area contributed by atoms with Crippen LogP contribution in [0.15, 0.2) is 58.1 Å². The van der Waals surface area contributed by atoms with Crippen LogP contribution >= 0.6 is 22.9 Å². The van der Waals surface area contributed by atoms with Crippen LogP contribution < -0.4 is 38.5 Å². The second kappa shape index (κ2) is 15.4. The quantitative estimate of drug-likeness (QED) is 0.158. The number of sulfonamides is 1. The molecule has 3 heterocycles. The molecule has 0 radical (unpaired) electrons. The normalized spacial score (nSPS) is 12.6. The minimum Gasteiger partial charge on any atom is -0.497 e. The van der Waals surface area contributed by atoms with Crippen molar-refractivity contribution < 1.29 is 50.6 Å². The lowest BCUT2D eigenvalue weighted by atomic mass is 10.3. The maximum Gasteiger partial charge on any atom is 0.411 e. The van der Waals surface area contributed by atoms with Crippen molar-refractivity contribution in [2.75, 3.05) is 55.8 Å². The van der Waals surface area contributed by atoms with Crippen molar-refractivity contribution in [2.45, 2.75) is 4.90 Å². The number of thiophene rings is 1. The second-order valence-electron chi connectivity index (χ2n) is 9.26. The zero-order valence-corrected chi connectivity index (χ0v) is 27.9. The van der Waals surface area contributed by atoms with Crippen LogP contribution in [0.25, 0.3) is 0 Å². The molecule has 0 bridgehead atoms. The molecule has 1 aliphatic rings. The van der Waals surface area contributed by atoms with Gasteiger partial charge >= 0.3 is 12.1 Å². The second-order valence-corrected chi connectivity index (χ2v) is 13.7. The van der Waals surface area contributed by atoms with Gasteiger partial charge in [0, 0.05) is 34.6 Å². The van der Waals surface area contributed by atoms with Crippen LogP contribution in [0.2, 0.25) is 5.02 Å². The van der Waals surface area contributed by atoms with Gasteiger partial charge in [0.1, 0.15) is 31.3 Å². The zero-order valence-electron chi connectivity index (χ0n) is 24.7. The van der Waals surface area contributed by atoms with Crippen molar-refractivity contribution in [2.24, 2.45) is 0 Å². The van der Waals surface area contributed by atoms with E-state index in [0.29, 0.717) is 17.2 Å². The molecular weight excluding hydrogens is 700 g/mol. The first-order valence-electron chi connectivity index (χ1n) is 13.5. The summed E-state index contributed by atoms with van der Waals surface area (Å²) in [6, 6.07) is 10.0. The van der Waals surface area contributed by atoms with Crippen molar-refractivity contribution in [1.82, 2.24) is 9.97 Å². The molecule has 19 heteroatoms. The lowest BCUT2D eigenvalue weighted by Crippen LogP contribution is -2.19. The Bertz CT molecular complexity index is 1860. The molecule has 0 fully saturated rings. The van der Waals surface area contributed by atoms with E-state index in [2.05, 4.69) is 20.0 Å². The van der Waals surface area contributed by atoms with E-state index in [1.54, 1.807) is 22.9 Å². The summed E-state index contributed by atoms with van der Waals surface area (Å²) < 4.78 is 79.8. The van der Waals surface area contributed by atoms with Gasteiger partial charge in [-0.1, -0.05) is 11.6 Å². The van der Waals surface area contributed by atoms with Gasteiger partial charge in [-0.3, -0.25) is 14.2 Å². The Morgan fingerprint density at radius 2 is 1.89 bits per heavy atom. The molecule has 1 atom stereocenters. The minimum atomic E-state index is -4.35. The predicted molar refractivity (Wildman–Crippen MR) is 173 cm³/mol. The maximum atomic E-state index is 13.6. The standard InChI is InChI=1S/C28H27ClN4O11S3/c1-38-18-3-5-20(29)22(13-18)44-24-25(33-47(36,37)19-4-6-21-23(14-19)43-16-42-21)31-27(40-10-12-46(2)35)32-26(24)39-8-9-41-28(34)30-17-7-11-45-15-17/h3-7,11,13-15H,8-10,12,16H2,1-2H3,(H,30,34)(H,31,32,33). The molecule has 15 nitrogen and oxygen atoms in total. The summed E-state index contributed by atoms with van der Waals surface area (Å²) in [5.41, 5.74) is 0.566. The van der Waals surface area contributed by atoms with Crippen LogP contribution in [0.4, 0.5) is 16.3 Å². The molecule has 2 aromatic heterocycles. The number of aromatic nitrogens is 2. The topological polar surface area (TPSA) is 183 Å². The summed E-state index contributed by atoms with van der Waals surface area (Å²) in [7, 11) is -4.11. The van der Waals surface area contributed by atoms with Crippen LogP contribution in [-0.4, -0.2) is 74.4 Å². The first kappa shape index (κ1) is 33.8. The Kier molecular flexibility index (Phi) is 11.1. The number of rotatable bonds is 15. The molecule has 0 aliphatic carbocycles. The Labute approximate surface area is 280 Å². The summed E-state index contributed by atoms with van der Waals surface area (Å²) in [5, 5.41) is 6.23. The first-order valence-corrected chi connectivity index (χ1v) is 18.0. The SMILES string of the molecule is COc1ccc(Cl)c(Oc2c(NS(=O)(=O)c3ccc4c(c3)OCO4)nc(OCCS(C)=O)nc2OCCOC(=O)Nc2ccsc2)c1. The van der Waals surface area contributed by atoms with Gasteiger partial charge in [-0.05, 0) is 35.7 Å². The fraction of sp³-hybridized carbons (Fsp3) is 0.250. The van der Waals surface area contributed by atoms with E-state index in [9.17, 15) is 17.4 Å². The van der Waals surface area contributed by atoms with Crippen molar-refractivity contribution >= 4 is 61.4 Å². The number of ether oxygens (including phenoxy) is 7. The molecule has 1 aliphatic heterocycles. The van der Waals surface area contributed by atoms with Gasteiger partial charge in [-0.15, -0.1) is 0 Å².